The molecule has 2 heterocycles. The molecule has 4 heteroatoms. The minimum absolute atomic E-state index is 1.06. The zero-order valence-corrected chi connectivity index (χ0v) is 13.2. The van der Waals surface area contributed by atoms with Gasteiger partial charge in [0, 0.05) is 45.8 Å². The first-order chi connectivity index (χ1) is 10.2. The average molecular weight is 297 g/mol. The normalized spacial score (nSPS) is 11.4. The van der Waals surface area contributed by atoms with Crippen LogP contribution in [0.2, 0.25) is 0 Å². The summed E-state index contributed by atoms with van der Waals surface area (Å²) in [6, 6.07) is 10.7. The minimum Gasteiger partial charge on any atom is -0.361 e. The summed E-state index contributed by atoms with van der Waals surface area (Å²) in [7, 11) is 4.22. The van der Waals surface area contributed by atoms with Crippen molar-refractivity contribution in [2.45, 2.75) is 16.2 Å². The summed E-state index contributed by atoms with van der Waals surface area (Å²) in [6.45, 7) is 1.06. The standard InChI is InChI=1S/C17H19N3S/c1-20(2)9-7-13-11-19-17-6-5-14(10-16(13)17)21-15-4-3-8-18-12-15/h3-6,8,10-12,19H,7,9H2,1-2H3. The van der Waals surface area contributed by atoms with E-state index in [0.717, 1.165) is 13.0 Å². The summed E-state index contributed by atoms with van der Waals surface area (Å²) in [5.74, 6) is 0. The van der Waals surface area contributed by atoms with Crippen LogP contribution >= 0.6 is 11.8 Å². The fourth-order valence-electron chi connectivity index (χ4n) is 2.32. The Morgan fingerprint density at radius 2 is 2.10 bits per heavy atom. The van der Waals surface area contributed by atoms with Crippen molar-refractivity contribution in [1.82, 2.24) is 14.9 Å². The van der Waals surface area contributed by atoms with Crippen LogP contribution in [0.5, 0.6) is 0 Å². The molecule has 1 N–H and O–H groups in total. The van der Waals surface area contributed by atoms with Crippen LogP contribution in [0.1, 0.15) is 5.56 Å². The van der Waals surface area contributed by atoms with E-state index in [4.69, 9.17) is 0 Å². The molecule has 3 rings (SSSR count). The van der Waals surface area contributed by atoms with E-state index < -0.39 is 0 Å². The molecule has 3 nitrogen and oxygen atoms in total. The molecule has 0 aliphatic heterocycles. The Kier molecular flexibility index (Phi) is 4.27. The van der Waals surface area contributed by atoms with Crippen molar-refractivity contribution in [2.75, 3.05) is 20.6 Å². The summed E-state index contributed by atoms with van der Waals surface area (Å²) in [5, 5.41) is 1.32. The Morgan fingerprint density at radius 1 is 1.19 bits per heavy atom. The third-order valence-corrected chi connectivity index (χ3v) is 4.40. The second-order valence-electron chi connectivity index (χ2n) is 5.37. The third-order valence-electron chi connectivity index (χ3n) is 3.44. The smallest absolute Gasteiger partial charge is 0.0457 e. The molecule has 0 saturated heterocycles. The number of H-pyrrole nitrogens is 1. The monoisotopic (exact) mass is 297 g/mol. The maximum atomic E-state index is 4.17. The molecule has 0 atom stereocenters. The zero-order chi connectivity index (χ0) is 14.7. The van der Waals surface area contributed by atoms with Crippen LogP contribution in [0.3, 0.4) is 0 Å². The second-order valence-corrected chi connectivity index (χ2v) is 6.51. The highest BCUT2D eigenvalue weighted by Gasteiger charge is 2.06. The van der Waals surface area contributed by atoms with Gasteiger partial charge in [0.05, 0.1) is 0 Å². The van der Waals surface area contributed by atoms with Gasteiger partial charge in [-0.3, -0.25) is 4.98 Å². The quantitative estimate of drug-likeness (QED) is 0.777. The number of benzene rings is 1. The van der Waals surface area contributed by atoms with E-state index in [1.807, 2.05) is 12.3 Å². The van der Waals surface area contributed by atoms with Gasteiger partial charge in [-0.25, -0.2) is 0 Å². The lowest BCUT2D eigenvalue weighted by Crippen LogP contribution is -2.14. The second kappa shape index (κ2) is 6.33. The van der Waals surface area contributed by atoms with Crippen LogP contribution in [-0.4, -0.2) is 35.5 Å². The summed E-state index contributed by atoms with van der Waals surface area (Å²) in [5.41, 5.74) is 2.59. The number of pyridine rings is 1. The van der Waals surface area contributed by atoms with Gasteiger partial charge in [-0.05, 0) is 56.4 Å². The number of hydrogen-bond acceptors (Lipinski definition) is 3. The molecular weight excluding hydrogens is 278 g/mol. The molecule has 2 aromatic heterocycles. The van der Waals surface area contributed by atoms with Crippen molar-refractivity contribution in [3.8, 4) is 0 Å². The first-order valence-electron chi connectivity index (χ1n) is 7.05. The summed E-state index contributed by atoms with van der Waals surface area (Å²) in [6.07, 6.45) is 6.90. The lowest BCUT2D eigenvalue weighted by atomic mass is 10.1. The number of aromatic amines is 1. The van der Waals surface area contributed by atoms with E-state index in [1.54, 1.807) is 18.0 Å². The van der Waals surface area contributed by atoms with E-state index in [1.165, 1.54) is 26.3 Å². The van der Waals surface area contributed by atoms with Crippen LogP contribution in [0, 0.1) is 0 Å². The summed E-state index contributed by atoms with van der Waals surface area (Å²) >= 11 is 1.75. The number of likely N-dealkylation sites (N-methyl/N-ethyl adjacent to an activating group) is 1. The molecular formula is C17H19N3S. The SMILES string of the molecule is CN(C)CCc1c[nH]c2ccc(Sc3cccnc3)cc12. The summed E-state index contributed by atoms with van der Waals surface area (Å²) in [4.78, 5) is 12.2. The van der Waals surface area contributed by atoms with Crippen LogP contribution in [0.4, 0.5) is 0 Å². The fourth-order valence-corrected chi connectivity index (χ4v) is 3.16. The number of hydrogen-bond donors (Lipinski definition) is 1. The van der Waals surface area contributed by atoms with Crippen LogP contribution < -0.4 is 0 Å². The topological polar surface area (TPSA) is 31.9 Å². The molecule has 0 aliphatic carbocycles. The van der Waals surface area contributed by atoms with E-state index in [9.17, 15) is 0 Å². The van der Waals surface area contributed by atoms with Gasteiger partial charge < -0.3 is 9.88 Å². The Labute approximate surface area is 129 Å². The molecule has 0 spiro atoms. The maximum Gasteiger partial charge on any atom is 0.0457 e. The molecule has 0 radical (unpaired) electrons. The highest BCUT2D eigenvalue weighted by atomic mass is 32.2. The molecule has 0 aliphatic rings. The molecule has 0 unspecified atom stereocenters. The van der Waals surface area contributed by atoms with Gasteiger partial charge in [0.1, 0.15) is 0 Å². The van der Waals surface area contributed by atoms with E-state index >= 15 is 0 Å². The van der Waals surface area contributed by atoms with Crippen molar-refractivity contribution in [2.24, 2.45) is 0 Å². The van der Waals surface area contributed by atoms with Crippen LogP contribution in [0.25, 0.3) is 10.9 Å². The predicted molar refractivity (Wildman–Crippen MR) is 88.9 cm³/mol. The van der Waals surface area contributed by atoms with Gasteiger partial charge in [-0.2, -0.15) is 0 Å². The number of nitrogens with zero attached hydrogens (tertiary/aromatic N) is 2. The molecule has 0 bridgehead atoms. The number of rotatable bonds is 5. The molecule has 108 valence electrons. The molecule has 21 heavy (non-hydrogen) atoms. The first kappa shape index (κ1) is 14.2. The van der Waals surface area contributed by atoms with Crippen molar-refractivity contribution < 1.29 is 0 Å². The van der Waals surface area contributed by atoms with E-state index in [-0.39, 0.29) is 0 Å². The summed E-state index contributed by atoms with van der Waals surface area (Å²) < 4.78 is 0. The number of fused-ring (bicyclic) bond motifs is 1. The third kappa shape index (κ3) is 3.46. The highest BCUT2D eigenvalue weighted by molar-refractivity contribution is 7.99. The maximum absolute atomic E-state index is 4.17. The highest BCUT2D eigenvalue weighted by Crippen LogP contribution is 2.30. The van der Waals surface area contributed by atoms with E-state index in [2.05, 4.69) is 59.4 Å². The Hall–Kier alpha value is -1.78. The lowest BCUT2D eigenvalue weighted by molar-refractivity contribution is 0.414. The molecule has 3 aromatic rings. The van der Waals surface area contributed by atoms with Gasteiger partial charge in [0.25, 0.3) is 0 Å². The van der Waals surface area contributed by atoms with Crippen molar-refractivity contribution in [1.29, 1.82) is 0 Å². The van der Waals surface area contributed by atoms with Crippen molar-refractivity contribution >= 4 is 22.7 Å². The Balaban J connectivity index is 1.86. The average Bonchev–Trinajstić information content (AvgIpc) is 2.88. The molecule has 0 amide bonds. The first-order valence-corrected chi connectivity index (χ1v) is 7.86. The molecule has 0 saturated carbocycles. The van der Waals surface area contributed by atoms with Crippen LogP contribution in [-0.2, 0) is 6.42 Å². The molecule has 1 aromatic carbocycles. The fraction of sp³-hybridized carbons (Fsp3) is 0.235. The van der Waals surface area contributed by atoms with E-state index in [0.29, 0.717) is 0 Å². The van der Waals surface area contributed by atoms with Gasteiger partial charge in [-0.15, -0.1) is 0 Å². The minimum atomic E-state index is 1.06. The van der Waals surface area contributed by atoms with Gasteiger partial charge >= 0.3 is 0 Å². The largest absolute Gasteiger partial charge is 0.361 e. The Morgan fingerprint density at radius 3 is 2.86 bits per heavy atom. The van der Waals surface area contributed by atoms with Gasteiger partial charge in [0.15, 0.2) is 0 Å². The predicted octanol–water partition coefficient (Wildman–Crippen LogP) is 3.82. The van der Waals surface area contributed by atoms with Crippen LogP contribution in [0.15, 0.2) is 58.7 Å². The van der Waals surface area contributed by atoms with Crippen molar-refractivity contribution in [3.63, 3.8) is 0 Å². The van der Waals surface area contributed by atoms with Gasteiger partial charge in [0.2, 0.25) is 0 Å². The zero-order valence-electron chi connectivity index (χ0n) is 12.3. The number of aromatic nitrogens is 2. The lowest BCUT2D eigenvalue weighted by Gasteiger charge is -2.08. The molecule has 0 fully saturated rings. The van der Waals surface area contributed by atoms with Crippen molar-refractivity contribution in [3.05, 3.63) is 54.5 Å². The number of nitrogens with one attached hydrogen (secondary N) is 1. The van der Waals surface area contributed by atoms with Gasteiger partial charge in [-0.1, -0.05) is 11.8 Å². The Bertz CT molecular complexity index is 719.